The molecule has 0 unspecified atom stereocenters. The Morgan fingerprint density at radius 1 is 1.35 bits per heavy atom. The van der Waals surface area contributed by atoms with E-state index in [0.29, 0.717) is 5.69 Å². The fourth-order valence-corrected chi connectivity index (χ4v) is 1.32. The molecule has 2 aromatic heterocycles. The molecule has 2 heterocycles. The van der Waals surface area contributed by atoms with Gasteiger partial charge in [0, 0.05) is 6.20 Å². The van der Waals surface area contributed by atoms with Crippen molar-refractivity contribution in [3.8, 4) is 17.5 Å². The summed E-state index contributed by atoms with van der Waals surface area (Å²) in [5.74, 6) is -1.12. The van der Waals surface area contributed by atoms with Crippen molar-refractivity contribution in [3.63, 3.8) is 0 Å². The van der Waals surface area contributed by atoms with Gasteiger partial charge < -0.3 is 5.11 Å². The molecule has 0 aliphatic carbocycles. The van der Waals surface area contributed by atoms with Crippen LogP contribution in [0.5, 0.6) is 0 Å². The highest BCUT2D eigenvalue weighted by Gasteiger charge is 2.14. The molecule has 0 fully saturated rings. The number of pyridine rings is 1. The maximum atomic E-state index is 11.0. The fourth-order valence-electron chi connectivity index (χ4n) is 1.32. The van der Waals surface area contributed by atoms with E-state index in [-0.39, 0.29) is 17.0 Å². The number of hydrogen-bond donors (Lipinski definition) is 1. The average molecular weight is 226 g/mol. The minimum absolute atomic E-state index is 0.00250. The van der Waals surface area contributed by atoms with Gasteiger partial charge in [0.25, 0.3) is 0 Å². The van der Waals surface area contributed by atoms with E-state index in [4.69, 9.17) is 10.4 Å². The summed E-state index contributed by atoms with van der Waals surface area (Å²) < 4.78 is 0. The molecule has 0 saturated carbocycles. The molecule has 0 bridgehead atoms. The van der Waals surface area contributed by atoms with Gasteiger partial charge in [0.1, 0.15) is 23.8 Å². The van der Waals surface area contributed by atoms with E-state index in [9.17, 15) is 4.79 Å². The summed E-state index contributed by atoms with van der Waals surface area (Å²) in [6.07, 6.45) is 2.77. The average Bonchev–Trinajstić information content (AvgIpc) is 2.39. The van der Waals surface area contributed by atoms with Crippen molar-refractivity contribution in [1.82, 2.24) is 15.0 Å². The first-order valence-electron chi connectivity index (χ1n) is 4.63. The first-order valence-corrected chi connectivity index (χ1v) is 4.63. The van der Waals surface area contributed by atoms with Crippen molar-refractivity contribution in [3.05, 3.63) is 42.0 Å². The molecule has 0 spiro atoms. The molecule has 1 N–H and O–H groups in total. The molecule has 2 rings (SSSR count). The Bertz CT molecular complexity index is 605. The molecule has 0 atom stereocenters. The Hall–Kier alpha value is -2.81. The third-order valence-electron chi connectivity index (χ3n) is 2.06. The molecule has 0 aromatic carbocycles. The number of carboxylic acid groups (broad SMARTS) is 1. The molecule has 0 saturated heterocycles. The number of nitrogens with zero attached hydrogens (tertiary/aromatic N) is 4. The zero-order valence-corrected chi connectivity index (χ0v) is 8.53. The van der Waals surface area contributed by atoms with E-state index in [1.54, 1.807) is 0 Å². The van der Waals surface area contributed by atoms with Crippen molar-refractivity contribution in [2.45, 2.75) is 0 Å². The first-order chi connectivity index (χ1) is 8.22. The summed E-state index contributed by atoms with van der Waals surface area (Å²) in [7, 11) is 0. The van der Waals surface area contributed by atoms with Gasteiger partial charge in [-0.15, -0.1) is 0 Å². The molecule has 6 heteroatoms. The van der Waals surface area contributed by atoms with E-state index in [2.05, 4.69) is 15.0 Å². The van der Waals surface area contributed by atoms with Gasteiger partial charge in [-0.2, -0.15) is 5.26 Å². The van der Waals surface area contributed by atoms with Crippen LogP contribution < -0.4 is 0 Å². The lowest BCUT2D eigenvalue weighted by Crippen LogP contribution is -2.03. The van der Waals surface area contributed by atoms with Gasteiger partial charge >= 0.3 is 5.97 Å². The minimum atomic E-state index is -1.12. The van der Waals surface area contributed by atoms with Gasteiger partial charge in [-0.3, -0.25) is 0 Å². The van der Waals surface area contributed by atoms with Crippen LogP contribution in [0.25, 0.3) is 11.4 Å². The van der Waals surface area contributed by atoms with Gasteiger partial charge in [-0.1, -0.05) is 0 Å². The SMILES string of the molecule is N#Cc1ccc(C(=O)O)c(-c2ccncn2)n1. The molecular weight excluding hydrogens is 220 g/mol. The maximum absolute atomic E-state index is 11.0. The number of hydrogen-bond acceptors (Lipinski definition) is 5. The third kappa shape index (κ3) is 2.08. The van der Waals surface area contributed by atoms with Crippen molar-refractivity contribution in [1.29, 1.82) is 5.26 Å². The number of carbonyl (C=O) groups is 1. The topological polar surface area (TPSA) is 99.8 Å². The highest BCUT2D eigenvalue weighted by molar-refractivity contribution is 5.94. The van der Waals surface area contributed by atoms with Crippen LogP contribution in [0.3, 0.4) is 0 Å². The monoisotopic (exact) mass is 226 g/mol. The molecule has 0 aliphatic heterocycles. The summed E-state index contributed by atoms with van der Waals surface area (Å²) in [5, 5.41) is 17.8. The Balaban J connectivity index is 2.66. The largest absolute Gasteiger partial charge is 0.478 e. The second-order valence-electron chi connectivity index (χ2n) is 3.10. The lowest BCUT2D eigenvalue weighted by atomic mass is 10.1. The van der Waals surface area contributed by atoms with E-state index in [1.165, 1.54) is 30.7 Å². The third-order valence-corrected chi connectivity index (χ3v) is 2.06. The van der Waals surface area contributed by atoms with Crippen molar-refractivity contribution in [2.24, 2.45) is 0 Å². The van der Waals surface area contributed by atoms with Crippen LogP contribution >= 0.6 is 0 Å². The van der Waals surface area contributed by atoms with Gasteiger partial charge in [0.2, 0.25) is 0 Å². The maximum Gasteiger partial charge on any atom is 0.337 e. The zero-order chi connectivity index (χ0) is 12.3. The molecule has 0 radical (unpaired) electrons. The van der Waals surface area contributed by atoms with Gasteiger partial charge in [-0.05, 0) is 18.2 Å². The number of rotatable bonds is 2. The van der Waals surface area contributed by atoms with Crippen LogP contribution in [0.1, 0.15) is 16.1 Å². The van der Waals surface area contributed by atoms with Crippen LogP contribution in [0.4, 0.5) is 0 Å². The van der Waals surface area contributed by atoms with Gasteiger partial charge in [-0.25, -0.2) is 19.7 Å². The second kappa shape index (κ2) is 4.37. The smallest absolute Gasteiger partial charge is 0.337 e. The minimum Gasteiger partial charge on any atom is -0.478 e. The number of aromatic carboxylic acids is 1. The standard InChI is InChI=1S/C11H6N4O2/c12-5-7-1-2-8(11(16)17)10(15-7)9-3-4-13-6-14-9/h1-4,6H,(H,16,17). The fraction of sp³-hybridized carbons (Fsp3) is 0. The predicted octanol–water partition coefficient (Wildman–Crippen LogP) is 1.11. The summed E-state index contributed by atoms with van der Waals surface area (Å²) >= 11 is 0. The van der Waals surface area contributed by atoms with Gasteiger partial charge in [0.15, 0.2) is 0 Å². The molecule has 0 amide bonds. The van der Waals surface area contributed by atoms with Crippen molar-refractivity contribution >= 4 is 5.97 Å². The molecular formula is C11H6N4O2. The Kier molecular flexibility index (Phi) is 2.75. The van der Waals surface area contributed by atoms with Crippen molar-refractivity contribution < 1.29 is 9.90 Å². The lowest BCUT2D eigenvalue weighted by molar-refractivity contribution is 0.0697. The molecule has 2 aromatic rings. The Morgan fingerprint density at radius 3 is 2.76 bits per heavy atom. The van der Waals surface area contributed by atoms with Crippen LogP contribution in [0.15, 0.2) is 30.7 Å². The highest BCUT2D eigenvalue weighted by Crippen LogP contribution is 2.19. The predicted molar refractivity (Wildman–Crippen MR) is 56.9 cm³/mol. The Labute approximate surface area is 96.2 Å². The second-order valence-corrected chi connectivity index (χ2v) is 3.10. The normalized spacial score (nSPS) is 9.59. The number of aromatic nitrogens is 3. The van der Waals surface area contributed by atoms with Crippen LogP contribution in [-0.2, 0) is 0 Å². The van der Waals surface area contributed by atoms with Crippen molar-refractivity contribution in [2.75, 3.05) is 0 Å². The number of carboxylic acids is 1. The molecule has 0 aliphatic rings. The lowest BCUT2D eigenvalue weighted by Gasteiger charge is -2.03. The van der Waals surface area contributed by atoms with Gasteiger partial charge in [0.05, 0.1) is 11.3 Å². The summed E-state index contributed by atoms with van der Waals surface area (Å²) in [6, 6.07) is 6.09. The number of nitriles is 1. The Morgan fingerprint density at radius 2 is 2.18 bits per heavy atom. The van der Waals surface area contributed by atoms with E-state index < -0.39 is 5.97 Å². The van der Waals surface area contributed by atoms with Crippen LogP contribution in [-0.4, -0.2) is 26.0 Å². The molecule has 82 valence electrons. The van der Waals surface area contributed by atoms with Crippen LogP contribution in [0.2, 0.25) is 0 Å². The highest BCUT2D eigenvalue weighted by atomic mass is 16.4. The molecule has 6 nitrogen and oxygen atoms in total. The zero-order valence-electron chi connectivity index (χ0n) is 8.53. The van der Waals surface area contributed by atoms with Crippen LogP contribution in [0, 0.1) is 11.3 Å². The summed E-state index contributed by atoms with van der Waals surface area (Å²) in [5.41, 5.74) is 0.680. The first kappa shape index (κ1) is 10.7. The summed E-state index contributed by atoms with van der Waals surface area (Å²) in [6.45, 7) is 0. The van der Waals surface area contributed by atoms with E-state index in [0.717, 1.165) is 0 Å². The summed E-state index contributed by atoms with van der Waals surface area (Å²) in [4.78, 5) is 22.6. The van der Waals surface area contributed by atoms with E-state index in [1.807, 2.05) is 6.07 Å². The molecule has 17 heavy (non-hydrogen) atoms. The quantitative estimate of drug-likeness (QED) is 0.823. The van der Waals surface area contributed by atoms with E-state index >= 15 is 0 Å².